The third-order valence-electron chi connectivity index (χ3n) is 5.67. The Labute approximate surface area is 176 Å². The van der Waals surface area contributed by atoms with Gasteiger partial charge in [-0.1, -0.05) is 54.9 Å². The second-order valence-corrected chi connectivity index (χ2v) is 7.80. The fourth-order valence-corrected chi connectivity index (χ4v) is 4.09. The molecule has 0 bridgehead atoms. The minimum absolute atomic E-state index is 0.279. The average Bonchev–Trinajstić information content (AvgIpc) is 3.01. The summed E-state index contributed by atoms with van der Waals surface area (Å²) in [5.74, 6) is -0.576. The lowest BCUT2D eigenvalue weighted by atomic mass is 10.0. The molecule has 0 atom stereocenters. The number of benzene rings is 2. The Morgan fingerprint density at radius 1 is 0.931 bits per heavy atom. The van der Waals surface area contributed by atoms with Crippen LogP contribution in [0.4, 0.5) is 5.69 Å². The van der Waals surface area contributed by atoms with Crippen LogP contribution in [-0.4, -0.2) is 54.3 Å². The molecule has 0 unspecified atom stereocenters. The zero-order chi connectivity index (χ0) is 20.5. The first-order valence-electron chi connectivity index (χ1n) is 9.93. The largest absolute Gasteiger partial charge is 0.364 e. The molecular weight excluding hydrogens is 386 g/mol. The van der Waals surface area contributed by atoms with Crippen molar-refractivity contribution < 1.29 is 9.59 Å². The Balaban J connectivity index is 1.77. The van der Waals surface area contributed by atoms with E-state index in [0.717, 1.165) is 43.9 Å². The maximum atomic E-state index is 13.5. The van der Waals surface area contributed by atoms with Gasteiger partial charge in [0.2, 0.25) is 0 Å². The van der Waals surface area contributed by atoms with Gasteiger partial charge < -0.3 is 9.80 Å². The second kappa shape index (κ2) is 8.01. The molecule has 4 rings (SSSR count). The molecule has 1 fully saturated rings. The second-order valence-electron chi connectivity index (χ2n) is 7.39. The van der Waals surface area contributed by atoms with Crippen LogP contribution in [-0.2, 0) is 9.59 Å². The van der Waals surface area contributed by atoms with Crippen molar-refractivity contribution in [1.82, 2.24) is 9.80 Å². The van der Waals surface area contributed by atoms with Gasteiger partial charge in [-0.15, -0.1) is 0 Å². The lowest BCUT2D eigenvalue weighted by Crippen LogP contribution is -2.47. The number of amides is 2. The highest BCUT2D eigenvalue weighted by atomic mass is 35.5. The number of carbonyl (C=O) groups excluding carboxylic acids is 2. The molecule has 6 heteroatoms. The van der Waals surface area contributed by atoms with Crippen molar-refractivity contribution in [2.45, 2.75) is 13.8 Å². The number of imide groups is 1. The fourth-order valence-electron chi connectivity index (χ4n) is 3.92. The summed E-state index contributed by atoms with van der Waals surface area (Å²) in [5, 5.41) is 0.536. The van der Waals surface area contributed by atoms with E-state index in [1.54, 1.807) is 12.1 Å². The monoisotopic (exact) mass is 409 g/mol. The normalized spacial score (nSPS) is 18.2. The van der Waals surface area contributed by atoms with E-state index in [-0.39, 0.29) is 11.8 Å². The molecule has 0 saturated carbocycles. The number of hydrogen-bond donors (Lipinski definition) is 0. The van der Waals surface area contributed by atoms with Crippen LogP contribution in [0.1, 0.15) is 18.1 Å². The molecule has 2 heterocycles. The Kier molecular flexibility index (Phi) is 5.43. The van der Waals surface area contributed by atoms with Crippen LogP contribution >= 0.6 is 11.6 Å². The molecule has 2 aromatic rings. The molecule has 5 nitrogen and oxygen atoms in total. The third kappa shape index (κ3) is 3.56. The molecular formula is C23H24ClN3O2. The van der Waals surface area contributed by atoms with E-state index in [1.165, 1.54) is 4.90 Å². The van der Waals surface area contributed by atoms with Crippen LogP contribution in [0.15, 0.2) is 54.2 Å². The number of hydrogen-bond acceptors (Lipinski definition) is 4. The average molecular weight is 410 g/mol. The summed E-state index contributed by atoms with van der Waals surface area (Å²) < 4.78 is 0. The fraction of sp³-hybridized carbons (Fsp3) is 0.304. The number of piperazine rings is 1. The van der Waals surface area contributed by atoms with Gasteiger partial charge in [0.25, 0.3) is 11.8 Å². The molecule has 0 spiro atoms. The lowest BCUT2D eigenvalue weighted by Gasteiger charge is -2.36. The van der Waals surface area contributed by atoms with Crippen molar-refractivity contribution in [2.75, 3.05) is 37.6 Å². The van der Waals surface area contributed by atoms with Crippen molar-refractivity contribution in [2.24, 2.45) is 0 Å². The molecule has 0 aliphatic carbocycles. The van der Waals surface area contributed by atoms with Gasteiger partial charge >= 0.3 is 0 Å². The maximum absolute atomic E-state index is 13.5. The topological polar surface area (TPSA) is 43.9 Å². The predicted molar refractivity (Wildman–Crippen MR) is 116 cm³/mol. The molecule has 1 saturated heterocycles. The summed E-state index contributed by atoms with van der Waals surface area (Å²) in [5.41, 5.74) is 3.14. The van der Waals surface area contributed by atoms with Crippen LogP contribution in [0, 0.1) is 6.92 Å². The molecule has 2 aliphatic rings. The Morgan fingerprint density at radius 2 is 1.62 bits per heavy atom. The summed E-state index contributed by atoms with van der Waals surface area (Å²) in [6.45, 7) is 8.21. The highest BCUT2D eigenvalue weighted by Crippen LogP contribution is 2.36. The van der Waals surface area contributed by atoms with E-state index in [0.29, 0.717) is 22.0 Å². The van der Waals surface area contributed by atoms with E-state index in [4.69, 9.17) is 11.6 Å². The van der Waals surface area contributed by atoms with E-state index in [9.17, 15) is 9.59 Å². The van der Waals surface area contributed by atoms with Crippen molar-refractivity contribution in [1.29, 1.82) is 0 Å². The summed E-state index contributed by atoms with van der Waals surface area (Å²) in [6.07, 6.45) is 0. The van der Waals surface area contributed by atoms with E-state index < -0.39 is 0 Å². The van der Waals surface area contributed by atoms with Gasteiger partial charge in [-0.2, -0.15) is 0 Å². The first-order chi connectivity index (χ1) is 14.0. The molecule has 2 aromatic carbocycles. The summed E-state index contributed by atoms with van der Waals surface area (Å²) in [6, 6.07) is 14.7. The Morgan fingerprint density at radius 3 is 2.24 bits per heavy atom. The quantitative estimate of drug-likeness (QED) is 0.724. The zero-order valence-corrected chi connectivity index (χ0v) is 17.4. The Bertz CT molecular complexity index is 979. The van der Waals surface area contributed by atoms with Gasteiger partial charge in [0.1, 0.15) is 5.70 Å². The molecule has 2 amide bonds. The summed E-state index contributed by atoms with van der Waals surface area (Å²) in [7, 11) is 0. The summed E-state index contributed by atoms with van der Waals surface area (Å²) in [4.78, 5) is 32.6. The van der Waals surface area contributed by atoms with Crippen LogP contribution in [0.5, 0.6) is 0 Å². The van der Waals surface area contributed by atoms with Gasteiger partial charge in [-0.3, -0.25) is 9.59 Å². The van der Waals surface area contributed by atoms with Crippen molar-refractivity contribution in [3.63, 3.8) is 0 Å². The zero-order valence-electron chi connectivity index (χ0n) is 16.7. The number of anilines is 1. The van der Waals surface area contributed by atoms with Crippen molar-refractivity contribution in [3.05, 3.63) is 70.4 Å². The minimum atomic E-state index is -0.297. The maximum Gasteiger partial charge on any atom is 0.282 e. The van der Waals surface area contributed by atoms with E-state index >= 15 is 0 Å². The van der Waals surface area contributed by atoms with Crippen molar-refractivity contribution >= 4 is 34.7 Å². The van der Waals surface area contributed by atoms with Crippen LogP contribution in [0.3, 0.4) is 0 Å². The van der Waals surface area contributed by atoms with Gasteiger partial charge in [0.15, 0.2) is 0 Å². The first kappa shape index (κ1) is 19.7. The standard InChI is InChI=1S/C23H24ClN3O2/c1-3-25-11-13-26(14-12-25)21-20(17-7-5-4-6-8-17)22(28)27(23(21)29)18-10-9-16(2)19(24)15-18/h4-10,15H,3,11-14H2,1-2H3. The molecule has 0 N–H and O–H groups in total. The van der Waals surface area contributed by atoms with Gasteiger partial charge in [0.05, 0.1) is 11.3 Å². The van der Waals surface area contributed by atoms with Crippen LogP contribution in [0.25, 0.3) is 5.57 Å². The lowest BCUT2D eigenvalue weighted by molar-refractivity contribution is -0.120. The summed E-state index contributed by atoms with van der Waals surface area (Å²) >= 11 is 6.28. The van der Waals surface area contributed by atoms with Crippen molar-refractivity contribution in [3.8, 4) is 0 Å². The van der Waals surface area contributed by atoms with Gasteiger partial charge in [-0.25, -0.2) is 4.90 Å². The first-order valence-corrected chi connectivity index (χ1v) is 10.3. The SMILES string of the molecule is CCN1CCN(C2=C(c3ccccc3)C(=O)N(c3ccc(C)c(Cl)c3)C2=O)CC1. The third-order valence-corrected chi connectivity index (χ3v) is 6.08. The number of nitrogens with zero attached hydrogens (tertiary/aromatic N) is 3. The smallest absolute Gasteiger partial charge is 0.282 e. The minimum Gasteiger partial charge on any atom is -0.364 e. The van der Waals surface area contributed by atoms with Crippen LogP contribution in [0.2, 0.25) is 5.02 Å². The number of aryl methyl sites for hydroxylation is 1. The number of likely N-dealkylation sites (N-methyl/N-ethyl adjacent to an activating group) is 1. The highest BCUT2D eigenvalue weighted by Gasteiger charge is 2.43. The molecule has 2 aliphatic heterocycles. The molecule has 0 radical (unpaired) electrons. The van der Waals surface area contributed by atoms with Gasteiger partial charge in [0, 0.05) is 31.2 Å². The predicted octanol–water partition coefficient (Wildman–Crippen LogP) is 3.57. The van der Waals surface area contributed by atoms with Crippen LogP contribution < -0.4 is 4.90 Å². The number of rotatable bonds is 4. The highest BCUT2D eigenvalue weighted by molar-refractivity contribution is 6.45. The molecule has 29 heavy (non-hydrogen) atoms. The molecule has 0 aromatic heterocycles. The Hall–Kier alpha value is -2.63. The van der Waals surface area contributed by atoms with E-state index in [2.05, 4.69) is 16.7 Å². The van der Waals surface area contributed by atoms with Gasteiger partial charge in [-0.05, 0) is 36.7 Å². The number of carbonyl (C=O) groups is 2. The number of halogens is 1. The van der Waals surface area contributed by atoms with E-state index in [1.807, 2.05) is 43.3 Å². The molecule has 150 valence electrons.